The van der Waals surface area contributed by atoms with Gasteiger partial charge in [0, 0.05) is 34.0 Å². The smallest absolute Gasteiger partial charge is 0.303 e. The number of nitrogens with one attached hydrogen (secondary N) is 1. The van der Waals surface area contributed by atoms with Crippen LogP contribution in [0.1, 0.15) is 30.7 Å². The zero-order valence-corrected chi connectivity index (χ0v) is 16.2. The van der Waals surface area contributed by atoms with E-state index in [1.165, 1.54) is 0 Å². The van der Waals surface area contributed by atoms with Crippen molar-refractivity contribution in [1.82, 2.24) is 5.32 Å². The van der Waals surface area contributed by atoms with Crippen LogP contribution >= 0.6 is 39.1 Å². The van der Waals surface area contributed by atoms with E-state index in [4.69, 9.17) is 28.3 Å². The Balaban J connectivity index is 2.04. The number of alkyl halides is 1. The third-order valence-corrected chi connectivity index (χ3v) is 6.70. The Morgan fingerprint density at radius 2 is 2.20 bits per heavy atom. The zero-order chi connectivity index (χ0) is 18.2. The van der Waals surface area contributed by atoms with E-state index >= 15 is 0 Å². The highest BCUT2D eigenvalue weighted by Gasteiger charge is 2.56. The fraction of sp³-hybridized carbons (Fsp3) is 0.333. The Kier molecular flexibility index (Phi) is 5.28. The molecule has 1 heterocycles. The molecule has 3 atom stereocenters. The van der Waals surface area contributed by atoms with Crippen molar-refractivity contribution in [2.24, 2.45) is 5.92 Å². The van der Waals surface area contributed by atoms with E-state index in [0.29, 0.717) is 22.9 Å². The van der Waals surface area contributed by atoms with E-state index < -0.39 is 10.3 Å². The van der Waals surface area contributed by atoms with Crippen LogP contribution < -0.4 is 5.32 Å². The summed E-state index contributed by atoms with van der Waals surface area (Å²) in [6.07, 6.45) is 4.50. The lowest BCUT2D eigenvalue weighted by Gasteiger charge is -2.35. The van der Waals surface area contributed by atoms with Gasteiger partial charge in [-0.2, -0.15) is 0 Å². The van der Waals surface area contributed by atoms with Gasteiger partial charge in [0.25, 0.3) is 0 Å². The highest BCUT2D eigenvalue weighted by Crippen LogP contribution is 2.52. The van der Waals surface area contributed by atoms with Gasteiger partial charge in [0.15, 0.2) is 0 Å². The zero-order valence-electron chi connectivity index (χ0n) is 13.1. The lowest BCUT2D eigenvalue weighted by molar-refractivity contribution is -0.137. The van der Waals surface area contributed by atoms with Gasteiger partial charge < -0.3 is 10.4 Å². The second-order valence-electron chi connectivity index (χ2n) is 6.24. The molecule has 1 amide bonds. The van der Waals surface area contributed by atoms with Crippen LogP contribution in [0.3, 0.4) is 0 Å². The molecule has 0 spiro atoms. The van der Waals surface area contributed by atoms with Crippen molar-refractivity contribution < 1.29 is 14.7 Å². The summed E-state index contributed by atoms with van der Waals surface area (Å²) in [7, 11) is 0. The average molecular weight is 445 g/mol. The maximum atomic E-state index is 12.9. The van der Waals surface area contributed by atoms with Crippen molar-refractivity contribution in [3.05, 3.63) is 57.7 Å². The summed E-state index contributed by atoms with van der Waals surface area (Å²) in [5, 5.41) is 13.2. The minimum absolute atomic E-state index is 0.0415. The van der Waals surface area contributed by atoms with Gasteiger partial charge in [0.05, 0.1) is 0 Å². The molecule has 1 fully saturated rings. The molecule has 1 saturated heterocycles. The predicted octanol–water partition coefficient (Wildman–Crippen LogP) is 4.58. The monoisotopic (exact) mass is 443 g/mol. The third-order valence-electron chi connectivity index (χ3n) is 4.74. The summed E-state index contributed by atoms with van der Waals surface area (Å²) in [5.41, 5.74) is 1.60. The molecular weight excluding hydrogens is 429 g/mol. The Morgan fingerprint density at radius 1 is 1.44 bits per heavy atom. The molecule has 2 N–H and O–H groups in total. The Hall–Kier alpha value is -1.30. The highest BCUT2D eigenvalue weighted by atomic mass is 79.9. The summed E-state index contributed by atoms with van der Waals surface area (Å²) >= 11 is 15.9. The first kappa shape index (κ1) is 18.5. The molecule has 0 radical (unpaired) electrons. The van der Waals surface area contributed by atoms with Crippen molar-refractivity contribution >= 4 is 51.0 Å². The second-order valence-corrected chi connectivity index (χ2v) is 8.42. The number of carboxylic acids is 1. The standard InChI is InChI=1S/C18H16BrCl2NO3/c19-18(14-5-4-12(21)9-15(14)22-17(18)25)13(6-7-16(23)24)10-2-1-3-11(20)8-10/h1-4,8-9,13-14H,5-7H2,(H,22,25)(H,23,24). The van der Waals surface area contributed by atoms with E-state index in [2.05, 4.69) is 21.2 Å². The maximum Gasteiger partial charge on any atom is 0.303 e. The van der Waals surface area contributed by atoms with Gasteiger partial charge in [0.2, 0.25) is 5.91 Å². The average Bonchev–Trinajstić information content (AvgIpc) is 2.78. The Labute approximate surface area is 164 Å². The van der Waals surface area contributed by atoms with Crippen molar-refractivity contribution in [2.45, 2.75) is 29.5 Å². The van der Waals surface area contributed by atoms with Crippen LogP contribution in [0, 0.1) is 5.92 Å². The number of hydrogen-bond acceptors (Lipinski definition) is 2. The molecule has 2 aliphatic rings. The van der Waals surface area contributed by atoms with Gasteiger partial charge in [-0.05, 0) is 36.6 Å². The van der Waals surface area contributed by atoms with Crippen molar-refractivity contribution in [3.8, 4) is 0 Å². The first-order valence-corrected chi connectivity index (χ1v) is 9.42. The fourth-order valence-corrected chi connectivity index (χ4v) is 5.01. The number of allylic oxidation sites excluding steroid dienone is 4. The van der Waals surface area contributed by atoms with Crippen LogP contribution in [0.25, 0.3) is 0 Å². The number of carbonyl (C=O) groups is 2. The minimum Gasteiger partial charge on any atom is -0.481 e. The van der Waals surface area contributed by atoms with Crippen molar-refractivity contribution in [3.63, 3.8) is 0 Å². The maximum absolute atomic E-state index is 12.9. The second kappa shape index (κ2) is 7.14. The summed E-state index contributed by atoms with van der Waals surface area (Å²) < 4.78 is -0.951. The van der Waals surface area contributed by atoms with Gasteiger partial charge in [0.1, 0.15) is 4.32 Å². The number of halogens is 3. The molecule has 1 aromatic rings. The van der Waals surface area contributed by atoms with Crippen LogP contribution in [-0.4, -0.2) is 21.3 Å². The largest absolute Gasteiger partial charge is 0.481 e. The molecule has 1 aromatic carbocycles. The van der Waals surface area contributed by atoms with Gasteiger partial charge in [-0.3, -0.25) is 9.59 Å². The van der Waals surface area contributed by atoms with Gasteiger partial charge in [-0.15, -0.1) is 0 Å². The van der Waals surface area contributed by atoms with E-state index in [9.17, 15) is 9.59 Å². The SMILES string of the molecule is O=C(O)CCC(c1cccc(Cl)c1)C1(Br)C(=O)NC2=CC(Cl)=CCC21. The van der Waals surface area contributed by atoms with Crippen LogP contribution in [-0.2, 0) is 9.59 Å². The van der Waals surface area contributed by atoms with E-state index in [0.717, 1.165) is 11.3 Å². The van der Waals surface area contributed by atoms with E-state index in [1.54, 1.807) is 18.2 Å². The Bertz CT molecular complexity index is 792. The molecular formula is C18H16BrCl2NO3. The summed E-state index contributed by atoms with van der Waals surface area (Å²) in [5.74, 6) is -1.56. The van der Waals surface area contributed by atoms with E-state index in [-0.39, 0.29) is 24.2 Å². The molecule has 3 rings (SSSR count). The number of hydrogen-bond donors (Lipinski definition) is 2. The molecule has 1 aliphatic heterocycles. The van der Waals surface area contributed by atoms with Crippen LogP contribution in [0.5, 0.6) is 0 Å². The number of carboxylic acid groups (broad SMARTS) is 1. The number of amides is 1. The molecule has 0 saturated carbocycles. The Morgan fingerprint density at radius 3 is 2.88 bits per heavy atom. The summed E-state index contributed by atoms with van der Waals surface area (Å²) in [6, 6.07) is 7.23. The molecule has 0 bridgehead atoms. The number of rotatable bonds is 5. The number of carbonyl (C=O) groups excluding carboxylic acids is 1. The lowest BCUT2D eigenvalue weighted by Crippen LogP contribution is -2.42. The quantitative estimate of drug-likeness (QED) is 0.653. The van der Waals surface area contributed by atoms with Gasteiger partial charge >= 0.3 is 5.97 Å². The summed E-state index contributed by atoms with van der Waals surface area (Å²) in [6.45, 7) is 0. The molecule has 7 heteroatoms. The van der Waals surface area contributed by atoms with Crippen LogP contribution in [0.2, 0.25) is 5.02 Å². The normalized spacial score (nSPS) is 26.4. The molecule has 25 heavy (non-hydrogen) atoms. The number of benzene rings is 1. The molecule has 132 valence electrons. The van der Waals surface area contributed by atoms with Gasteiger partial charge in [-0.25, -0.2) is 0 Å². The first-order valence-electron chi connectivity index (χ1n) is 7.87. The first-order chi connectivity index (χ1) is 11.8. The topological polar surface area (TPSA) is 66.4 Å². The molecule has 1 aliphatic carbocycles. The van der Waals surface area contributed by atoms with E-state index in [1.807, 2.05) is 18.2 Å². The van der Waals surface area contributed by atoms with Crippen LogP contribution in [0.4, 0.5) is 0 Å². The van der Waals surface area contributed by atoms with Crippen molar-refractivity contribution in [2.75, 3.05) is 0 Å². The molecule has 0 aromatic heterocycles. The molecule has 4 nitrogen and oxygen atoms in total. The number of fused-ring (bicyclic) bond motifs is 1. The summed E-state index contributed by atoms with van der Waals surface area (Å²) in [4.78, 5) is 24.0. The van der Waals surface area contributed by atoms with Crippen LogP contribution in [0.15, 0.2) is 47.1 Å². The predicted molar refractivity (Wildman–Crippen MR) is 101 cm³/mol. The highest BCUT2D eigenvalue weighted by molar-refractivity contribution is 9.10. The minimum atomic E-state index is -0.951. The molecule has 3 unspecified atom stereocenters. The third kappa shape index (κ3) is 3.50. The number of aliphatic carboxylic acids is 1. The lowest BCUT2D eigenvalue weighted by atomic mass is 9.74. The van der Waals surface area contributed by atoms with Gasteiger partial charge in [-0.1, -0.05) is 57.3 Å². The fourth-order valence-electron chi connectivity index (χ4n) is 3.58. The van der Waals surface area contributed by atoms with Crippen molar-refractivity contribution in [1.29, 1.82) is 0 Å².